The molecule has 0 bridgehead atoms. The second kappa shape index (κ2) is 8.03. The number of anilines is 1. The number of aryl methyl sites for hydroxylation is 1. The summed E-state index contributed by atoms with van der Waals surface area (Å²) in [6.07, 6.45) is 2.53. The number of carboxylic acids is 1. The van der Waals surface area contributed by atoms with E-state index in [9.17, 15) is 9.59 Å². The van der Waals surface area contributed by atoms with Crippen molar-refractivity contribution in [1.29, 1.82) is 0 Å². The SMILES string of the molecule is Cc1cccc(Cc2cnc(NC(=O)CN(C)C(C)C(=O)O)s2)c1. The minimum Gasteiger partial charge on any atom is -0.480 e. The number of benzene rings is 1. The van der Waals surface area contributed by atoms with Gasteiger partial charge in [-0.15, -0.1) is 11.3 Å². The molecule has 2 aromatic rings. The van der Waals surface area contributed by atoms with Crippen LogP contribution in [0.4, 0.5) is 5.13 Å². The molecule has 0 fully saturated rings. The fourth-order valence-electron chi connectivity index (χ4n) is 2.18. The van der Waals surface area contributed by atoms with E-state index in [1.54, 1.807) is 20.2 Å². The average Bonchev–Trinajstić information content (AvgIpc) is 2.93. The number of nitrogens with zero attached hydrogens (tertiary/aromatic N) is 2. The van der Waals surface area contributed by atoms with Gasteiger partial charge in [-0.3, -0.25) is 14.5 Å². The first-order valence-electron chi connectivity index (χ1n) is 7.58. The van der Waals surface area contributed by atoms with E-state index in [1.165, 1.54) is 27.4 Å². The Balaban J connectivity index is 1.91. The van der Waals surface area contributed by atoms with Gasteiger partial charge in [0.2, 0.25) is 5.91 Å². The number of amides is 1. The molecule has 0 aliphatic rings. The minimum absolute atomic E-state index is 0.000258. The zero-order valence-electron chi connectivity index (χ0n) is 13.9. The van der Waals surface area contributed by atoms with Crippen LogP contribution in [0.15, 0.2) is 30.5 Å². The molecule has 0 saturated heterocycles. The Hall–Kier alpha value is -2.25. The predicted octanol–water partition coefficient (Wildman–Crippen LogP) is 2.39. The lowest BCUT2D eigenvalue weighted by molar-refractivity contribution is -0.142. The number of carbonyl (C=O) groups excluding carboxylic acids is 1. The van der Waals surface area contributed by atoms with Gasteiger partial charge in [-0.05, 0) is 26.5 Å². The zero-order chi connectivity index (χ0) is 17.7. The maximum Gasteiger partial charge on any atom is 0.320 e. The van der Waals surface area contributed by atoms with Crippen molar-refractivity contribution in [3.8, 4) is 0 Å². The molecular formula is C17H21N3O3S. The van der Waals surface area contributed by atoms with Crippen LogP contribution in [0.3, 0.4) is 0 Å². The van der Waals surface area contributed by atoms with Crippen molar-refractivity contribution in [2.75, 3.05) is 18.9 Å². The third-order valence-corrected chi connectivity index (χ3v) is 4.59. The number of carbonyl (C=O) groups is 2. The Morgan fingerprint density at radius 3 is 2.83 bits per heavy atom. The monoisotopic (exact) mass is 347 g/mol. The van der Waals surface area contributed by atoms with Crippen LogP contribution in [0.2, 0.25) is 0 Å². The average molecular weight is 347 g/mol. The largest absolute Gasteiger partial charge is 0.480 e. The smallest absolute Gasteiger partial charge is 0.320 e. The predicted molar refractivity (Wildman–Crippen MR) is 94.5 cm³/mol. The number of aromatic nitrogens is 1. The molecule has 7 heteroatoms. The maximum absolute atomic E-state index is 12.0. The summed E-state index contributed by atoms with van der Waals surface area (Å²) in [6, 6.07) is 7.54. The molecule has 2 rings (SSSR count). The van der Waals surface area contributed by atoms with Crippen molar-refractivity contribution < 1.29 is 14.7 Å². The lowest BCUT2D eigenvalue weighted by Gasteiger charge is -2.19. The van der Waals surface area contributed by atoms with Gasteiger partial charge >= 0.3 is 5.97 Å². The molecule has 24 heavy (non-hydrogen) atoms. The highest BCUT2D eigenvalue weighted by atomic mass is 32.1. The fourth-order valence-corrected chi connectivity index (χ4v) is 3.04. The maximum atomic E-state index is 12.0. The Morgan fingerprint density at radius 2 is 2.17 bits per heavy atom. The quantitative estimate of drug-likeness (QED) is 0.803. The molecule has 6 nitrogen and oxygen atoms in total. The number of rotatable bonds is 7. The van der Waals surface area contributed by atoms with Gasteiger partial charge in [0.1, 0.15) is 6.04 Å². The lowest BCUT2D eigenvalue weighted by Crippen LogP contribution is -2.40. The number of likely N-dealkylation sites (N-methyl/N-ethyl adjacent to an activating group) is 1. The number of hydrogen-bond acceptors (Lipinski definition) is 5. The normalized spacial score (nSPS) is 12.2. The molecule has 1 atom stereocenters. The molecule has 1 unspecified atom stereocenters. The summed E-state index contributed by atoms with van der Waals surface area (Å²) in [7, 11) is 1.60. The van der Waals surface area contributed by atoms with Gasteiger partial charge in [0, 0.05) is 17.5 Å². The minimum atomic E-state index is -0.958. The van der Waals surface area contributed by atoms with Gasteiger partial charge in [-0.2, -0.15) is 0 Å². The van der Waals surface area contributed by atoms with Crippen molar-refractivity contribution in [2.24, 2.45) is 0 Å². The summed E-state index contributed by atoms with van der Waals surface area (Å²) < 4.78 is 0. The Bertz CT molecular complexity index is 729. The van der Waals surface area contributed by atoms with Crippen LogP contribution in [-0.2, 0) is 16.0 Å². The number of thiazole rings is 1. The van der Waals surface area contributed by atoms with Gasteiger partial charge in [0.15, 0.2) is 5.13 Å². The van der Waals surface area contributed by atoms with Crippen LogP contribution < -0.4 is 5.32 Å². The highest BCUT2D eigenvalue weighted by molar-refractivity contribution is 7.15. The van der Waals surface area contributed by atoms with Crippen molar-refractivity contribution in [3.63, 3.8) is 0 Å². The second-order valence-electron chi connectivity index (χ2n) is 5.78. The third-order valence-electron chi connectivity index (χ3n) is 3.67. The number of hydrogen-bond donors (Lipinski definition) is 2. The molecule has 1 heterocycles. The van der Waals surface area contributed by atoms with E-state index in [4.69, 9.17) is 5.11 Å². The number of aliphatic carboxylic acids is 1. The first kappa shape index (κ1) is 18.1. The van der Waals surface area contributed by atoms with Gasteiger partial charge in [0.05, 0.1) is 6.54 Å². The van der Waals surface area contributed by atoms with Crippen LogP contribution in [0.1, 0.15) is 22.9 Å². The van der Waals surface area contributed by atoms with Gasteiger partial charge in [-0.1, -0.05) is 29.8 Å². The summed E-state index contributed by atoms with van der Waals surface area (Å²) in [5.74, 6) is -1.23. The molecule has 1 aromatic carbocycles. The molecule has 0 aliphatic carbocycles. The van der Waals surface area contributed by atoms with E-state index in [-0.39, 0.29) is 12.5 Å². The van der Waals surface area contributed by atoms with E-state index in [0.29, 0.717) is 5.13 Å². The van der Waals surface area contributed by atoms with E-state index in [2.05, 4.69) is 35.4 Å². The van der Waals surface area contributed by atoms with Crippen LogP contribution in [0, 0.1) is 6.92 Å². The molecule has 1 amide bonds. The summed E-state index contributed by atoms with van der Waals surface area (Å²) in [4.78, 5) is 29.6. The highest BCUT2D eigenvalue weighted by Crippen LogP contribution is 2.21. The van der Waals surface area contributed by atoms with Crippen molar-refractivity contribution >= 4 is 28.3 Å². The van der Waals surface area contributed by atoms with Crippen molar-refractivity contribution in [1.82, 2.24) is 9.88 Å². The van der Waals surface area contributed by atoms with E-state index in [0.717, 1.165) is 11.3 Å². The molecule has 128 valence electrons. The topological polar surface area (TPSA) is 82.5 Å². The zero-order valence-corrected chi connectivity index (χ0v) is 14.8. The molecule has 0 aliphatic heterocycles. The molecule has 0 saturated carbocycles. The molecule has 0 spiro atoms. The van der Waals surface area contributed by atoms with E-state index >= 15 is 0 Å². The van der Waals surface area contributed by atoms with Crippen LogP contribution in [0.5, 0.6) is 0 Å². The van der Waals surface area contributed by atoms with Crippen molar-refractivity contribution in [3.05, 3.63) is 46.5 Å². The second-order valence-corrected chi connectivity index (χ2v) is 6.89. The highest BCUT2D eigenvalue weighted by Gasteiger charge is 2.19. The van der Waals surface area contributed by atoms with E-state index < -0.39 is 12.0 Å². The Kier molecular flexibility index (Phi) is 6.05. The number of carboxylic acid groups (broad SMARTS) is 1. The van der Waals surface area contributed by atoms with Gasteiger partial charge < -0.3 is 10.4 Å². The summed E-state index contributed by atoms with van der Waals surface area (Å²) >= 11 is 1.43. The molecule has 1 aromatic heterocycles. The Labute approximate surface area is 145 Å². The van der Waals surface area contributed by atoms with E-state index in [1.807, 2.05) is 6.07 Å². The first-order valence-corrected chi connectivity index (χ1v) is 8.40. The van der Waals surface area contributed by atoms with Gasteiger partial charge in [0.25, 0.3) is 0 Å². The summed E-state index contributed by atoms with van der Waals surface area (Å²) in [6.45, 7) is 3.59. The summed E-state index contributed by atoms with van der Waals surface area (Å²) in [5, 5.41) is 12.2. The standard InChI is InChI=1S/C17H21N3O3S/c1-11-5-4-6-13(7-11)8-14-9-18-17(24-14)19-15(21)10-20(3)12(2)16(22)23/h4-7,9,12H,8,10H2,1-3H3,(H,22,23)(H,18,19,21). The van der Waals surface area contributed by atoms with Crippen molar-refractivity contribution in [2.45, 2.75) is 26.3 Å². The van der Waals surface area contributed by atoms with Crippen LogP contribution in [0.25, 0.3) is 0 Å². The fraction of sp³-hybridized carbons (Fsp3) is 0.353. The Morgan fingerprint density at radius 1 is 1.42 bits per heavy atom. The molecule has 0 radical (unpaired) electrons. The molecular weight excluding hydrogens is 326 g/mol. The summed E-state index contributed by atoms with van der Waals surface area (Å²) in [5.41, 5.74) is 2.41. The van der Waals surface area contributed by atoms with Crippen LogP contribution >= 0.6 is 11.3 Å². The van der Waals surface area contributed by atoms with Crippen LogP contribution in [-0.4, -0.2) is 46.5 Å². The van der Waals surface area contributed by atoms with Gasteiger partial charge in [-0.25, -0.2) is 4.98 Å². The third kappa shape index (κ3) is 5.14. The molecule has 2 N–H and O–H groups in total. The first-order chi connectivity index (χ1) is 11.3. The lowest BCUT2D eigenvalue weighted by atomic mass is 10.1. The number of nitrogens with one attached hydrogen (secondary N) is 1.